The predicted octanol–water partition coefficient (Wildman–Crippen LogP) is 2.71. The third-order valence-electron chi connectivity index (χ3n) is 3.61. The molecule has 1 saturated heterocycles. The fraction of sp³-hybridized carbons (Fsp3) is 1.00. The van der Waals surface area contributed by atoms with E-state index in [9.17, 15) is 0 Å². The van der Waals surface area contributed by atoms with Gasteiger partial charge in [-0.3, -0.25) is 0 Å². The van der Waals surface area contributed by atoms with Crippen molar-refractivity contribution < 1.29 is 0 Å². The molecular weight excluding hydrogens is 146 g/mol. The quantitative estimate of drug-likeness (QED) is 0.633. The molecule has 2 rings (SSSR count). The SMILES string of the molecule is CC1(C)CCCC(C2CCC2)N1. The molecule has 0 aromatic rings. The van der Waals surface area contributed by atoms with Gasteiger partial charge in [0.15, 0.2) is 0 Å². The average Bonchev–Trinajstić information content (AvgIpc) is 1.80. The summed E-state index contributed by atoms with van der Waals surface area (Å²) in [5.74, 6) is 1.02. The minimum Gasteiger partial charge on any atom is -0.309 e. The lowest BCUT2D eigenvalue weighted by molar-refractivity contribution is 0.143. The Hall–Kier alpha value is -0.0400. The van der Waals surface area contributed by atoms with Gasteiger partial charge >= 0.3 is 0 Å². The zero-order valence-electron chi connectivity index (χ0n) is 8.40. The highest BCUT2D eigenvalue weighted by Gasteiger charge is 2.33. The summed E-state index contributed by atoms with van der Waals surface area (Å²) in [5, 5.41) is 3.79. The van der Waals surface area contributed by atoms with E-state index in [2.05, 4.69) is 19.2 Å². The summed E-state index contributed by atoms with van der Waals surface area (Å²) in [7, 11) is 0. The minimum absolute atomic E-state index is 0.415. The van der Waals surface area contributed by atoms with Crippen molar-refractivity contribution >= 4 is 0 Å². The van der Waals surface area contributed by atoms with Crippen molar-refractivity contribution in [2.75, 3.05) is 0 Å². The largest absolute Gasteiger partial charge is 0.309 e. The highest BCUT2D eigenvalue weighted by molar-refractivity contribution is 4.92. The van der Waals surface area contributed by atoms with E-state index in [1.165, 1.54) is 38.5 Å². The molecule has 1 atom stereocenters. The molecule has 2 fully saturated rings. The Balaban J connectivity index is 1.89. The topological polar surface area (TPSA) is 12.0 Å². The van der Waals surface area contributed by atoms with Gasteiger partial charge in [0, 0.05) is 11.6 Å². The molecule has 70 valence electrons. The molecule has 1 N–H and O–H groups in total. The first-order valence-corrected chi connectivity index (χ1v) is 5.45. The van der Waals surface area contributed by atoms with Crippen molar-refractivity contribution in [3.05, 3.63) is 0 Å². The smallest absolute Gasteiger partial charge is 0.0127 e. The lowest BCUT2D eigenvalue weighted by Gasteiger charge is -2.43. The molecule has 0 aromatic heterocycles. The standard InChI is InChI=1S/C11H21N/c1-11(2)8-4-7-10(12-11)9-5-3-6-9/h9-10,12H,3-8H2,1-2H3. The van der Waals surface area contributed by atoms with Crippen LogP contribution in [0.4, 0.5) is 0 Å². The van der Waals surface area contributed by atoms with Gasteiger partial charge in [-0.05, 0) is 45.4 Å². The summed E-state index contributed by atoms with van der Waals surface area (Å²) in [6.07, 6.45) is 8.65. The summed E-state index contributed by atoms with van der Waals surface area (Å²) < 4.78 is 0. The molecule has 0 amide bonds. The average molecular weight is 167 g/mol. The van der Waals surface area contributed by atoms with E-state index in [0.29, 0.717) is 5.54 Å². The van der Waals surface area contributed by atoms with Gasteiger partial charge in [0.05, 0.1) is 0 Å². The van der Waals surface area contributed by atoms with Crippen LogP contribution in [-0.2, 0) is 0 Å². The van der Waals surface area contributed by atoms with Gasteiger partial charge < -0.3 is 5.32 Å². The van der Waals surface area contributed by atoms with Crippen LogP contribution in [0.2, 0.25) is 0 Å². The second-order valence-corrected chi connectivity index (χ2v) is 5.22. The summed E-state index contributed by atoms with van der Waals surface area (Å²) >= 11 is 0. The normalized spacial score (nSPS) is 36.0. The van der Waals surface area contributed by atoms with Gasteiger partial charge in [-0.2, -0.15) is 0 Å². The molecule has 1 aliphatic carbocycles. The highest BCUT2D eigenvalue weighted by Crippen LogP contribution is 2.35. The summed E-state index contributed by atoms with van der Waals surface area (Å²) in [5.41, 5.74) is 0.415. The number of nitrogens with one attached hydrogen (secondary N) is 1. The van der Waals surface area contributed by atoms with Gasteiger partial charge in [-0.15, -0.1) is 0 Å². The van der Waals surface area contributed by atoms with Crippen LogP contribution in [0.25, 0.3) is 0 Å². The molecule has 1 nitrogen and oxygen atoms in total. The van der Waals surface area contributed by atoms with Gasteiger partial charge in [-0.1, -0.05) is 12.8 Å². The Morgan fingerprint density at radius 1 is 1.08 bits per heavy atom. The first-order valence-electron chi connectivity index (χ1n) is 5.45. The van der Waals surface area contributed by atoms with E-state index >= 15 is 0 Å². The number of piperidine rings is 1. The molecule has 1 unspecified atom stereocenters. The van der Waals surface area contributed by atoms with Crippen LogP contribution in [0, 0.1) is 5.92 Å². The van der Waals surface area contributed by atoms with Gasteiger partial charge in [0.25, 0.3) is 0 Å². The van der Waals surface area contributed by atoms with Crippen LogP contribution < -0.4 is 5.32 Å². The molecule has 1 heterocycles. The van der Waals surface area contributed by atoms with Gasteiger partial charge in [-0.25, -0.2) is 0 Å². The van der Waals surface area contributed by atoms with Gasteiger partial charge in [0.1, 0.15) is 0 Å². The number of hydrogen-bond donors (Lipinski definition) is 1. The summed E-state index contributed by atoms with van der Waals surface area (Å²) in [6, 6.07) is 0.850. The maximum atomic E-state index is 3.79. The number of hydrogen-bond acceptors (Lipinski definition) is 1. The lowest BCUT2D eigenvalue weighted by atomic mass is 9.74. The van der Waals surface area contributed by atoms with Crippen LogP contribution in [0.15, 0.2) is 0 Å². The molecule has 0 aromatic carbocycles. The first kappa shape index (κ1) is 8.55. The second kappa shape index (κ2) is 3.02. The molecule has 12 heavy (non-hydrogen) atoms. The maximum absolute atomic E-state index is 3.79. The fourth-order valence-corrected chi connectivity index (χ4v) is 2.61. The van der Waals surface area contributed by atoms with Crippen LogP contribution in [0.5, 0.6) is 0 Å². The van der Waals surface area contributed by atoms with Crippen LogP contribution in [0.3, 0.4) is 0 Å². The second-order valence-electron chi connectivity index (χ2n) is 5.22. The van der Waals surface area contributed by atoms with Crippen molar-refractivity contribution in [2.24, 2.45) is 5.92 Å². The van der Waals surface area contributed by atoms with Crippen LogP contribution in [0.1, 0.15) is 52.4 Å². The third kappa shape index (κ3) is 1.66. The molecule has 0 radical (unpaired) electrons. The minimum atomic E-state index is 0.415. The first-order chi connectivity index (χ1) is 5.67. The van der Waals surface area contributed by atoms with E-state index in [0.717, 1.165) is 12.0 Å². The van der Waals surface area contributed by atoms with Crippen molar-refractivity contribution in [1.29, 1.82) is 0 Å². The van der Waals surface area contributed by atoms with Crippen molar-refractivity contribution in [2.45, 2.75) is 64.0 Å². The Bertz CT molecular complexity index is 158. The van der Waals surface area contributed by atoms with E-state index in [-0.39, 0.29) is 0 Å². The Morgan fingerprint density at radius 2 is 1.83 bits per heavy atom. The molecule has 0 spiro atoms. The van der Waals surface area contributed by atoms with E-state index in [1.807, 2.05) is 0 Å². The predicted molar refractivity (Wildman–Crippen MR) is 52.2 cm³/mol. The van der Waals surface area contributed by atoms with Crippen LogP contribution >= 0.6 is 0 Å². The maximum Gasteiger partial charge on any atom is 0.0127 e. The monoisotopic (exact) mass is 167 g/mol. The Kier molecular flexibility index (Phi) is 2.16. The van der Waals surface area contributed by atoms with Crippen molar-refractivity contribution in [1.82, 2.24) is 5.32 Å². The lowest BCUT2D eigenvalue weighted by Crippen LogP contribution is -2.53. The zero-order valence-corrected chi connectivity index (χ0v) is 8.40. The van der Waals surface area contributed by atoms with Gasteiger partial charge in [0.2, 0.25) is 0 Å². The number of rotatable bonds is 1. The molecule has 1 heteroatoms. The molecular formula is C11H21N. The van der Waals surface area contributed by atoms with Crippen LogP contribution in [-0.4, -0.2) is 11.6 Å². The van der Waals surface area contributed by atoms with Crippen molar-refractivity contribution in [3.63, 3.8) is 0 Å². The molecule has 2 aliphatic rings. The zero-order chi connectivity index (χ0) is 8.60. The van der Waals surface area contributed by atoms with E-state index in [1.54, 1.807) is 0 Å². The Labute approximate surface area is 75.9 Å². The Morgan fingerprint density at radius 3 is 2.33 bits per heavy atom. The summed E-state index contributed by atoms with van der Waals surface area (Å²) in [6.45, 7) is 4.69. The van der Waals surface area contributed by atoms with Crippen molar-refractivity contribution in [3.8, 4) is 0 Å². The van der Waals surface area contributed by atoms with E-state index in [4.69, 9.17) is 0 Å². The van der Waals surface area contributed by atoms with E-state index < -0.39 is 0 Å². The highest BCUT2D eigenvalue weighted by atomic mass is 15.0. The third-order valence-corrected chi connectivity index (χ3v) is 3.61. The fourth-order valence-electron chi connectivity index (χ4n) is 2.61. The molecule has 1 saturated carbocycles. The molecule has 1 aliphatic heterocycles. The summed E-state index contributed by atoms with van der Waals surface area (Å²) in [4.78, 5) is 0. The molecule has 0 bridgehead atoms.